The Morgan fingerprint density at radius 2 is 0.636 bits per heavy atom. The van der Waals surface area contributed by atoms with Crippen LogP contribution in [-0.2, 0) is 0 Å². The zero-order valence-electron chi connectivity index (χ0n) is 30.0. The summed E-state index contributed by atoms with van der Waals surface area (Å²) >= 11 is 0. The average Bonchev–Trinajstić information content (AvgIpc) is 3.79. The lowest BCUT2D eigenvalue weighted by Crippen LogP contribution is -2.01. The van der Waals surface area contributed by atoms with Crippen molar-refractivity contribution in [2.75, 3.05) is 0 Å². The molecule has 2 heteroatoms. The SMILES string of the molecule is c1ccc(-c2nc(-c3ccccc3)c(-c3ccccc3)c(-c3ccc(-c4cc5c6ccccc6n6c7ccccc7c(c4)c56)cc3)c2-c2ccccc2)cc1. The van der Waals surface area contributed by atoms with Crippen LogP contribution in [0.3, 0.4) is 0 Å². The molecule has 3 heterocycles. The van der Waals surface area contributed by atoms with Gasteiger partial charge in [0.25, 0.3) is 0 Å². The number of fused-ring (bicyclic) bond motifs is 6. The van der Waals surface area contributed by atoms with Gasteiger partial charge in [-0.2, -0.15) is 0 Å². The van der Waals surface area contributed by atoms with E-state index in [0.29, 0.717) is 0 Å². The van der Waals surface area contributed by atoms with Crippen molar-refractivity contribution >= 4 is 38.1 Å². The molecule has 0 aliphatic rings. The summed E-state index contributed by atoms with van der Waals surface area (Å²) in [4.78, 5) is 5.61. The van der Waals surface area contributed by atoms with Crippen LogP contribution in [0.5, 0.6) is 0 Å². The number of nitrogens with zero attached hydrogens (tertiary/aromatic N) is 2. The van der Waals surface area contributed by atoms with E-state index in [1.54, 1.807) is 0 Å². The highest BCUT2D eigenvalue weighted by Crippen LogP contribution is 2.49. The van der Waals surface area contributed by atoms with Crippen LogP contribution in [0.15, 0.2) is 206 Å². The Bertz CT molecular complexity index is 2960. The van der Waals surface area contributed by atoms with Crippen molar-refractivity contribution in [2.24, 2.45) is 0 Å². The zero-order chi connectivity index (χ0) is 36.3. The predicted molar refractivity (Wildman–Crippen MR) is 232 cm³/mol. The maximum Gasteiger partial charge on any atom is 0.0794 e. The number of pyridine rings is 1. The fourth-order valence-corrected chi connectivity index (χ4v) is 8.70. The highest BCUT2D eigenvalue weighted by Gasteiger charge is 2.25. The second-order valence-electron chi connectivity index (χ2n) is 14.3. The van der Waals surface area contributed by atoms with Crippen LogP contribution in [0.25, 0.3) is 105 Å². The number of rotatable bonds is 6. The van der Waals surface area contributed by atoms with Crippen molar-refractivity contribution in [1.29, 1.82) is 0 Å². The van der Waals surface area contributed by atoms with Crippen LogP contribution in [0.1, 0.15) is 0 Å². The molecule has 11 aromatic rings. The third kappa shape index (κ3) is 5.00. The first kappa shape index (κ1) is 31.3. The first-order valence-corrected chi connectivity index (χ1v) is 18.9. The first-order chi connectivity index (χ1) is 27.3. The van der Waals surface area contributed by atoms with Crippen LogP contribution in [0.2, 0.25) is 0 Å². The van der Waals surface area contributed by atoms with Gasteiger partial charge < -0.3 is 4.40 Å². The lowest BCUT2D eigenvalue weighted by atomic mass is 9.83. The van der Waals surface area contributed by atoms with Gasteiger partial charge in [0.2, 0.25) is 0 Å². The van der Waals surface area contributed by atoms with Crippen molar-refractivity contribution in [1.82, 2.24) is 9.38 Å². The van der Waals surface area contributed by atoms with Crippen molar-refractivity contribution < 1.29 is 0 Å². The van der Waals surface area contributed by atoms with E-state index in [0.717, 1.165) is 50.3 Å². The third-order valence-corrected chi connectivity index (χ3v) is 11.1. The second-order valence-corrected chi connectivity index (χ2v) is 14.3. The van der Waals surface area contributed by atoms with Crippen molar-refractivity contribution in [3.63, 3.8) is 0 Å². The van der Waals surface area contributed by atoms with E-state index in [-0.39, 0.29) is 0 Å². The van der Waals surface area contributed by atoms with E-state index < -0.39 is 0 Å². The van der Waals surface area contributed by atoms with E-state index in [4.69, 9.17) is 4.98 Å². The number of para-hydroxylation sites is 2. The Morgan fingerprint density at radius 1 is 0.273 bits per heavy atom. The summed E-state index contributed by atoms with van der Waals surface area (Å²) in [6.07, 6.45) is 0. The molecule has 0 fully saturated rings. The normalized spacial score (nSPS) is 11.6. The summed E-state index contributed by atoms with van der Waals surface area (Å²) in [5.74, 6) is 0. The zero-order valence-corrected chi connectivity index (χ0v) is 30.0. The Balaban J connectivity index is 1.19. The topological polar surface area (TPSA) is 17.3 Å². The molecule has 0 aliphatic carbocycles. The van der Waals surface area contributed by atoms with E-state index in [2.05, 4.69) is 211 Å². The van der Waals surface area contributed by atoms with Gasteiger partial charge in [0.05, 0.1) is 27.9 Å². The highest BCUT2D eigenvalue weighted by molar-refractivity contribution is 6.24. The average molecular weight is 699 g/mol. The van der Waals surface area contributed by atoms with Gasteiger partial charge in [0.1, 0.15) is 0 Å². The molecule has 0 atom stereocenters. The Labute approximate surface area is 319 Å². The Morgan fingerprint density at radius 3 is 1.09 bits per heavy atom. The summed E-state index contributed by atoms with van der Waals surface area (Å²) in [6, 6.07) is 74.4. The van der Waals surface area contributed by atoms with Gasteiger partial charge in [-0.1, -0.05) is 182 Å². The number of aromatic nitrogens is 2. The molecular formula is C53H34N2. The molecule has 0 N–H and O–H groups in total. The van der Waals surface area contributed by atoms with Gasteiger partial charge in [-0.05, 0) is 52.1 Å². The summed E-state index contributed by atoms with van der Waals surface area (Å²) in [5.41, 5.74) is 17.1. The van der Waals surface area contributed by atoms with E-state index >= 15 is 0 Å². The van der Waals surface area contributed by atoms with Crippen LogP contribution >= 0.6 is 0 Å². The third-order valence-electron chi connectivity index (χ3n) is 11.1. The molecule has 11 rings (SSSR count). The molecule has 0 saturated heterocycles. The second kappa shape index (κ2) is 12.7. The molecule has 0 spiro atoms. The van der Waals surface area contributed by atoms with Gasteiger partial charge in [0, 0.05) is 49.4 Å². The molecule has 0 aliphatic heterocycles. The smallest absolute Gasteiger partial charge is 0.0794 e. The molecule has 0 amide bonds. The van der Waals surface area contributed by atoms with Crippen LogP contribution in [0, 0.1) is 0 Å². The van der Waals surface area contributed by atoms with Crippen molar-refractivity contribution in [3.8, 4) is 67.0 Å². The lowest BCUT2D eigenvalue weighted by Gasteiger charge is -2.23. The molecule has 3 aromatic heterocycles. The van der Waals surface area contributed by atoms with Gasteiger partial charge in [-0.3, -0.25) is 0 Å². The monoisotopic (exact) mass is 698 g/mol. The number of hydrogen-bond acceptors (Lipinski definition) is 1. The van der Waals surface area contributed by atoms with Crippen molar-refractivity contribution in [3.05, 3.63) is 206 Å². The maximum atomic E-state index is 5.61. The largest absolute Gasteiger partial charge is 0.308 e. The highest BCUT2D eigenvalue weighted by atomic mass is 14.9. The predicted octanol–water partition coefficient (Wildman–Crippen LogP) is 14.2. The molecule has 8 aromatic carbocycles. The molecule has 0 unspecified atom stereocenters. The minimum atomic E-state index is 0.966. The molecule has 0 bridgehead atoms. The Hall–Kier alpha value is -7.29. The Kier molecular flexibility index (Phi) is 7.21. The molecular weight excluding hydrogens is 665 g/mol. The van der Waals surface area contributed by atoms with Gasteiger partial charge in [-0.25, -0.2) is 4.98 Å². The standard InChI is InChI=1S/C53H34N2/c1-5-17-36(18-6-1)49-48(50(37-19-7-2-8-20-37)52(40-23-11-4-12-24-40)54-51(49)39-21-9-3-10-22-39)38-31-29-35(30-32-38)41-33-44-42-25-13-15-27-46(42)55-47-28-16-14-26-43(47)45(34-41)53(44)55/h1-34H. The summed E-state index contributed by atoms with van der Waals surface area (Å²) in [5, 5.41) is 5.14. The molecule has 55 heavy (non-hydrogen) atoms. The number of benzene rings is 8. The van der Waals surface area contributed by atoms with Gasteiger partial charge >= 0.3 is 0 Å². The molecule has 256 valence electrons. The fraction of sp³-hybridized carbons (Fsp3) is 0. The van der Waals surface area contributed by atoms with E-state index in [1.807, 2.05) is 0 Å². The van der Waals surface area contributed by atoms with E-state index in [9.17, 15) is 0 Å². The summed E-state index contributed by atoms with van der Waals surface area (Å²) < 4.78 is 2.44. The van der Waals surface area contributed by atoms with Crippen LogP contribution < -0.4 is 0 Å². The molecule has 0 saturated carbocycles. The van der Waals surface area contributed by atoms with Gasteiger partial charge in [-0.15, -0.1) is 0 Å². The summed E-state index contributed by atoms with van der Waals surface area (Å²) in [7, 11) is 0. The molecule has 0 radical (unpaired) electrons. The number of hydrogen-bond donors (Lipinski definition) is 0. The van der Waals surface area contributed by atoms with E-state index in [1.165, 1.54) is 54.8 Å². The van der Waals surface area contributed by atoms with Crippen LogP contribution in [-0.4, -0.2) is 9.38 Å². The quantitative estimate of drug-likeness (QED) is 0.169. The first-order valence-electron chi connectivity index (χ1n) is 18.9. The van der Waals surface area contributed by atoms with Crippen LogP contribution in [0.4, 0.5) is 0 Å². The molecule has 2 nitrogen and oxygen atoms in total. The maximum absolute atomic E-state index is 5.61. The minimum Gasteiger partial charge on any atom is -0.308 e. The minimum absolute atomic E-state index is 0.966. The fourth-order valence-electron chi connectivity index (χ4n) is 8.70. The van der Waals surface area contributed by atoms with Gasteiger partial charge in [0.15, 0.2) is 0 Å². The van der Waals surface area contributed by atoms with Crippen molar-refractivity contribution in [2.45, 2.75) is 0 Å². The summed E-state index contributed by atoms with van der Waals surface area (Å²) in [6.45, 7) is 0. The lowest BCUT2D eigenvalue weighted by molar-refractivity contribution is 1.32.